The summed E-state index contributed by atoms with van der Waals surface area (Å²) in [6.07, 6.45) is 3.35. The molecule has 7 nitrogen and oxygen atoms in total. The molecule has 1 aliphatic carbocycles. The van der Waals surface area contributed by atoms with Gasteiger partial charge in [0.1, 0.15) is 23.7 Å². The van der Waals surface area contributed by atoms with Crippen molar-refractivity contribution in [3.8, 4) is 5.75 Å². The Morgan fingerprint density at radius 1 is 1.00 bits per heavy atom. The molecule has 0 saturated heterocycles. The summed E-state index contributed by atoms with van der Waals surface area (Å²) in [4.78, 5) is 37.2. The van der Waals surface area contributed by atoms with Gasteiger partial charge in [-0.25, -0.2) is 8.78 Å². The second kappa shape index (κ2) is 14.9. The number of carbonyl (C=O) groups excluding carboxylic acids is 3. The molecule has 0 heterocycles. The molecule has 0 aliphatic heterocycles. The van der Waals surface area contributed by atoms with E-state index in [1.54, 1.807) is 20.8 Å². The lowest BCUT2D eigenvalue weighted by atomic mass is 10.0. The van der Waals surface area contributed by atoms with Crippen molar-refractivity contribution >= 4 is 17.6 Å². The molecule has 0 bridgehead atoms. The first-order chi connectivity index (χ1) is 19.0. The van der Waals surface area contributed by atoms with Gasteiger partial charge in [-0.15, -0.1) is 0 Å². The normalized spacial score (nSPS) is 15.3. The Morgan fingerprint density at radius 3 is 2.38 bits per heavy atom. The molecule has 2 amide bonds. The van der Waals surface area contributed by atoms with Crippen LogP contribution in [0.5, 0.6) is 5.75 Å². The number of para-hydroxylation sites is 1. The number of halogens is 2. The molecule has 0 unspecified atom stereocenters. The Balaban J connectivity index is 1.52. The number of amides is 2. The van der Waals surface area contributed by atoms with Crippen LogP contribution in [0.3, 0.4) is 0 Å². The summed E-state index contributed by atoms with van der Waals surface area (Å²) in [5, 5.41) is 8.92. The molecule has 218 valence electrons. The first kappa shape index (κ1) is 31.2. The summed E-state index contributed by atoms with van der Waals surface area (Å²) in [6, 6.07) is 10.2. The smallest absolute Gasteiger partial charge is 0.242 e. The quantitative estimate of drug-likeness (QED) is 0.270. The predicted molar refractivity (Wildman–Crippen MR) is 150 cm³/mol. The van der Waals surface area contributed by atoms with Gasteiger partial charge in [-0.1, -0.05) is 38.1 Å². The predicted octanol–water partition coefficient (Wildman–Crippen LogP) is 4.12. The van der Waals surface area contributed by atoms with Crippen LogP contribution in [0.15, 0.2) is 42.5 Å². The van der Waals surface area contributed by atoms with Gasteiger partial charge in [0.15, 0.2) is 11.6 Å². The summed E-state index contributed by atoms with van der Waals surface area (Å²) in [5.41, 5.74) is 1.41. The van der Waals surface area contributed by atoms with Crippen molar-refractivity contribution in [3.05, 3.63) is 65.2 Å². The largest absolute Gasteiger partial charge is 0.489 e. The van der Waals surface area contributed by atoms with E-state index < -0.39 is 23.6 Å². The highest BCUT2D eigenvalue weighted by atomic mass is 19.2. The molecule has 0 aromatic heterocycles. The minimum absolute atomic E-state index is 0.0370. The fraction of sp³-hybridized carbons (Fsp3) is 0.516. The number of hydrogen-bond acceptors (Lipinski definition) is 5. The Morgan fingerprint density at radius 2 is 1.73 bits per heavy atom. The Hall–Kier alpha value is -3.33. The first-order valence-corrected chi connectivity index (χ1v) is 14.1. The fourth-order valence-electron chi connectivity index (χ4n) is 4.51. The third-order valence-corrected chi connectivity index (χ3v) is 6.96. The van der Waals surface area contributed by atoms with Crippen molar-refractivity contribution < 1.29 is 27.9 Å². The highest BCUT2D eigenvalue weighted by molar-refractivity contribution is 5.88. The van der Waals surface area contributed by atoms with Crippen molar-refractivity contribution in [1.82, 2.24) is 16.0 Å². The number of aryl methyl sites for hydroxylation is 1. The van der Waals surface area contributed by atoms with Crippen LogP contribution in [0.2, 0.25) is 0 Å². The Kier molecular flexibility index (Phi) is 11.6. The van der Waals surface area contributed by atoms with Crippen LogP contribution in [0.4, 0.5) is 8.78 Å². The minimum Gasteiger partial charge on any atom is -0.489 e. The third kappa shape index (κ3) is 9.70. The molecule has 3 rings (SSSR count). The molecule has 0 radical (unpaired) electrons. The molecule has 1 fully saturated rings. The van der Waals surface area contributed by atoms with Crippen LogP contribution in [-0.4, -0.2) is 48.9 Å². The number of rotatable bonds is 16. The summed E-state index contributed by atoms with van der Waals surface area (Å²) >= 11 is 0. The molecule has 1 saturated carbocycles. The topological polar surface area (TPSA) is 96.5 Å². The number of nitrogens with one attached hydrogen (secondary N) is 3. The van der Waals surface area contributed by atoms with Crippen LogP contribution < -0.4 is 20.7 Å². The second-order valence-electron chi connectivity index (χ2n) is 10.9. The van der Waals surface area contributed by atoms with Crippen molar-refractivity contribution in [3.63, 3.8) is 0 Å². The summed E-state index contributed by atoms with van der Waals surface area (Å²) in [7, 11) is 0. The van der Waals surface area contributed by atoms with E-state index in [-0.39, 0.29) is 36.2 Å². The number of benzene rings is 2. The number of hydrogen-bond donors (Lipinski definition) is 3. The van der Waals surface area contributed by atoms with Gasteiger partial charge in [-0.2, -0.15) is 0 Å². The van der Waals surface area contributed by atoms with E-state index in [2.05, 4.69) is 16.0 Å². The van der Waals surface area contributed by atoms with Crippen LogP contribution in [0.25, 0.3) is 0 Å². The zero-order valence-corrected chi connectivity index (χ0v) is 23.8. The molecular weight excluding hydrogens is 516 g/mol. The zero-order chi connectivity index (χ0) is 29.2. The highest BCUT2D eigenvalue weighted by Crippen LogP contribution is 2.33. The van der Waals surface area contributed by atoms with Gasteiger partial charge in [0.2, 0.25) is 11.8 Å². The molecule has 3 atom stereocenters. The maximum absolute atomic E-state index is 13.7. The maximum Gasteiger partial charge on any atom is 0.242 e. The van der Waals surface area contributed by atoms with Crippen molar-refractivity contribution in [1.29, 1.82) is 0 Å². The fourth-order valence-corrected chi connectivity index (χ4v) is 4.51. The monoisotopic (exact) mass is 557 g/mol. The summed E-state index contributed by atoms with van der Waals surface area (Å²) < 4.78 is 33.2. The van der Waals surface area contributed by atoms with Gasteiger partial charge in [-0.05, 0) is 74.8 Å². The first-order valence-electron chi connectivity index (χ1n) is 14.1. The lowest BCUT2D eigenvalue weighted by Gasteiger charge is -2.21. The number of Topliss-reactive ketones (excluding diaryl/α,β-unsaturated/α-hetero) is 1. The number of ether oxygens (including phenoxy) is 1. The van der Waals surface area contributed by atoms with Gasteiger partial charge in [0, 0.05) is 25.4 Å². The zero-order valence-electron chi connectivity index (χ0n) is 23.8. The SMILES string of the molecule is CC(=O)[C@@H](NC[C@@H](C)Oc1ccccc1CCCNC(=O)[C@@H](Cc1ccc(F)c(F)c1)NC(=O)C(C)C)C1CC1. The summed E-state index contributed by atoms with van der Waals surface area (Å²) in [6.45, 7) is 7.94. The molecule has 2 aromatic carbocycles. The van der Waals surface area contributed by atoms with E-state index in [0.717, 1.165) is 36.3 Å². The van der Waals surface area contributed by atoms with Gasteiger partial charge >= 0.3 is 0 Å². The number of ketones is 1. The van der Waals surface area contributed by atoms with E-state index in [4.69, 9.17) is 4.74 Å². The van der Waals surface area contributed by atoms with Gasteiger partial charge in [0.25, 0.3) is 0 Å². The lowest BCUT2D eigenvalue weighted by molar-refractivity contribution is -0.130. The minimum atomic E-state index is -1.00. The lowest BCUT2D eigenvalue weighted by Crippen LogP contribution is -2.49. The number of carbonyl (C=O) groups is 3. The molecule has 9 heteroatoms. The van der Waals surface area contributed by atoms with Gasteiger partial charge in [-0.3, -0.25) is 14.4 Å². The van der Waals surface area contributed by atoms with E-state index in [1.165, 1.54) is 6.07 Å². The second-order valence-corrected chi connectivity index (χ2v) is 10.9. The molecule has 0 spiro atoms. The van der Waals surface area contributed by atoms with E-state index in [9.17, 15) is 23.2 Å². The standard InChI is InChI=1S/C31H41F2N3O4/c1-19(2)30(38)36-27(17-22-11-14-25(32)26(33)16-22)31(39)34-15-7-9-23-8-5-6-10-28(23)40-20(3)18-35-29(21(4)37)24-12-13-24/h5-6,8,10-11,14,16,19-20,24,27,29,35H,7,9,12-13,15,17-18H2,1-4H3,(H,34,39)(H,36,38)/t20-,27-,29-/m1/s1. The average Bonchev–Trinajstić information content (AvgIpc) is 3.74. The van der Waals surface area contributed by atoms with E-state index in [0.29, 0.717) is 37.4 Å². The van der Waals surface area contributed by atoms with Gasteiger partial charge in [0.05, 0.1) is 6.04 Å². The molecule has 3 N–H and O–H groups in total. The van der Waals surface area contributed by atoms with E-state index >= 15 is 0 Å². The molecule has 2 aromatic rings. The molecular formula is C31H41F2N3O4. The molecule has 1 aliphatic rings. The highest BCUT2D eigenvalue weighted by Gasteiger charge is 2.34. The Labute approximate surface area is 235 Å². The van der Waals surface area contributed by atoms with Crippen LogP contribution in [0.1, 0.15) is 58.1 Å². The van der Waals surface area contributed by atoms with Crippen LogP contribution in [0, 0.1) is 23.5 Å². The van der Waals surface area contributed by atoms with Crippen molar-refractivity contribution in [2.45, 2.75) is 78.0 Å². The van der Waals surface area contributed by atoms with E-state index in [1.807, 2.05) is 31.2 Å². The third-order valence-electron chi connectivity index (χ3n) is 6.96. The molecule has 40 heavy (non-hydrogen) atoms. The van der Waals surface area contributed by atoms with Gasteiger partial charge < -0.3 is 20.7 Å². The summed E-state index contributed by atoms with van der Waals surface area (Å²) in [5.74, 6) is -1.65. The average molecular weight is 558 g/mol. The maximum atomic E-state index is 13.7. The van der Waals surface area contributed by atoms with Crippen LogP contribution in [-0.2, 0) is 27.2 Å². The van der Waals surface area contributed by atoms with Crippen molar-refractivity contribution in [2.24, 2.45) is 11.8 Å². The Bertz CT molecular complexity index is 1170. The van der Waals surface area contributed by atoms with Crippen LogP contribution >= 0.6 is 0 Å². The van der Waals surface area contributed by atoms with Crippen molar-refractivity contribution in [2.75, 3.05) is 13.1 Å².